The Morgan fingerprint density at radius 3 is 2.96 bits per heavy atom. The first-order valence-electron chi connectivity index (χ1n) is 8.45. The van der Waals surface area contributed by atoms with E-state index in [9.17, 15) is 4.79 Å². The zero-order valence-corrected chi connectivity index (χ0v) is 15.9. The quantitative estimate of drug-likeness (QED) is 0.690. The van der Waals surface area contributed by atoms with Crippen LogP contribution < -0.4 is 5.32 Å². The van der Waals surface area contributed by atoms with Gasteiger partial charge in [-0.15, -0.1) is 5.10 Å². The zero-order valence-electron chi connectivity index (χ0n) is 15.1. The van der Waals surface area contributed by atoms with E-state index in [-0.39, 0.29) is 23.8 Å². The van der Waals surface area contributed by atoms with Gasteiger partial charge in [-0.25, -0.2) is 4.98 Å². The van der Waals surface area contributed by atoms with Crippen LogP contribution in [0.15, 0.2) is 9.68 Å². The second-order valence-corrected chi connectivity index (χ2v) is 7.12. The summed E-state index contributed by atoms with van der Waals surface area (Å²) >= 11 is 1.30. The number of amides is 1. The van der Waals surface area contributed by atoms with Crippen LogP contribution in [0.25, 0.3) is 0 Å². The van der Waals surface area contributed by atoms with Crippen LogP contribution in [-0.2, 0) is 20.9 Å². The van der Waals surface area contributed by atoms with E-state index < -0.39 is 0 Å². The Bertz CT molecular complexity index is 727. The van der Waals surface area contributed by atoms with Crippen molar-refractivity contribution in [3.05, 3.63) is 22.8 Å². The van der Waals surface area contributed by atoms with Gasteiger partial charge in [0.2, 0.25) is 11.1 Å². The van der Waals surface area contributed by atoms with E-state index in [1.165, 1.54) is 11.8 Å². The van der Waals surface area contributed by atoms with Crippen LogP contribution in [0.1, 0.15) is 29.3 Å². The Balaban J connectivity index is 1.50. The van der Waals surface area contributed by atoms with Gasteiger partial charge in [0, 0.05) is 12.2 Å². The van der Waals surface area contributed by atoms with Crippen molar-refractivity contribution in [1.82, 2.24) is 25.7 Å². The van der Waals surface area contributed by atoms with E-state index in [0.717, 1.165) is 22.8 Å². The van der Waals surface area contributed by atoms with E-state index in [1.807, 2.05) is 20.8 Å². The second-order valence-electron chi connectivity index (χ2n) is 6.18. The second kappa shape index (κ2) is 8.65. The third kappa shape index (κ3) is 4.83. The average Bonchev–Trinajstić information content (AvgIpc) is 3.18. The van der Waals surface area contributed by atoms with Crippen molar-refractivity contribution in [3.63, 3.8) is 0 Å². The SMILES string of the molecule is Cc1nc(SCC(=O)N[C@@H]2CCOC[C@H]2OCc2c(C)noc2C)n[nH]1. The number of aromatic nitrogens is 4. The number of ether oxygens (including phenoxy) is 2. The Labute approximate surface area is 155 Å². The number of aryl methyl sites for hydroxylation is 3. The summed E-state index contributed by atoms with van der Waals surface area (Å²) in [5.74, 6) is 1.66. The van der Waals surface area contributed by atoms with Crippen LogP contribution in [0.4, 0.5) is 0 Å². The molecule has 0 radical (unpaired) electrons. The summed E-state index contributed by atoms with van der Waals surface area (Å²) in [4.78, 5) is 16.4. The van der Waals surface area contributed by atoms with Gasteiger partial charge in [0.15, 0.2) is 0 Å². The van der Waals surface area contributed by atoms with Crippen molar-refractivity contribution in [2.45, 2.75) is 51.1 Å². The Kier molecular flexibility index (Phi) is 6.28. The molecule has 1 aliphatic heterocycles. The van der Waals surface area contributed by atoms with Crippen molar-refractivity contribution in [2.75, 3.05) is 19.0 Å². The number of carbonyl (C=O) groups is 1. The lowest BCUT2D eigenvalue weighted by molar-refractivity contribution is -0.124. The van der Waals surface area contributed by atoms with Crippen molar-refractivity contribution in [2.24, 2.45) is 0 Å². The molecule has 1 fully saturated rings. The smallest absolute Gasteiger partial charge is 0.230 e. The minimum absolute atomic E-state index is 0.0738. The summed E-state index contributed by atoms with van der Waals surface area (Å²) < 4.78 is 16.7. The fraction of sp³-hybridized carbons (Fsp3) is 0.625. The molecule has 142 valence electrons. The van der Waals surface area contributed by atoms with Crippen LogP contribution in [0.2, 0.25) is 0 Å². The third-order valence-corrected chi connectivity index (χ3v) is 5.03. The summed E-state index contributed by atoms with van der Waals surface area (Å²) in [5, 5.41) is 14.3. The standard InChI is InChI=1S/C16H23N5O4S/c1-9-12(10(2)25-21-9)6-24-14-7-23-5-4-13(14)18-15(22)8-26-16-17-11(3)19-20-16/h13-14H,4-8H2,1-3H3,(H,18,22)(H,17,19,20)/t13-,14-/m1/s1. The minimum atomic E-state index is -0.211. The van der Waals surface area contributed by atoms with Crippen molar-refractivity contribution < 1.29 is 18.8 Å². The predicted molar refractivity (Wildman–Crippen MR) is 93.8 cm³/mol. The fourth-order valence-corrected chi connectivity index (χ4v) is 3.36. The number of rotatable bonds is 7. The first-order chi connectivity index (χ1) is 12.5. The molecule has 2 aromatic rings. The lowest BCUT2D eigenvalue weighted by Crippen LogP contribution is -2.50. The van der Waals surface area contributed by atoms with Gasteiger partial charge in [0.25, 0.3) is 0 Å². The molecule has 2 atom stereocenters. The predicted octanol–water partition coefficient (Wildman–Crippen LogP) is 1.30. The van der Waals surface area contributed by atoms with E-state index in [1.54, 1.807) is 0 Å². The van der Waals surface area contributed by atoms with E-state index in [4.69, 9.17) is 14.0 Å². The number of thioether (sulfide) groups is 1. The number of nitrogens with zero attached hydrogens (tertiary/aromatic N) is 3. The first-order valence-corrected chi connectivity index (χ1v) is 9.43. The molecule has 0 spiro atoms. The molecule has 0 aromatic carbocycles. The largest absolute Gasteiger partial charge is 0.379 e. The van der Waals surface area contributed by atoms with Crippen molar-refractivity contribution in [3.8, 4) is 0 Å². The highest BCUT2D eigenvalue weighted by atomic mass is 32.2. The van der Waals surface area contributed by atoms with Gasteiger partial charge >= 0.3 is 0 Å². The van der Waals surface area contributed by atoms with Gasteiger partial charge in [-0.1, -0.05) is 16.9 Å². The highest BCUT2D eigenvalue weighted by molar-refractivity contribution is 7.99. The Morgan fingerprint density at radius 2 is 2.27 bits per heavy atom. The van der Waals surface area contributed by atoms with Crippen LogP contribution >= 0.6 is 11.8 Å². The normalized spacial score (nSPS) is 20.3. The molecular weight excluding hydrogens is 358 g/mol. The molecule has 26 heavy (non-hydrogen) atoms. The maximum Gasteiger partial charge on any atom is 0.230 e. The van der Waals surface area contributed by atoms with Crippen LogP contribution in [0, 0.1) is 20.8 Å². The molecule has 0 aliphatic carbocycles. The number of nitrogens with one attached hydrogen (secondary N) is 2. The molecule has 0 bridgehead atoms. The summed E-state index contributed by atoms with van der Waals surface area (Å²) in [5.41, 5.74) is 1.76. The molecule has 2 aromatic heterocycles. The van der Waals surface area contributed by atoms with E-state index >= 15 is 0 Å². The maximum absolute atomic E-state index is 12.3. The maximum atomic E-state index is 12.3. The van der Waals surface area contributed by atoms with Crippen LogP contribution in [0.3, 0.4) is 0 Å². The van der Waals surface area contributed by atoms with E-state index in [0.29, 0.717) is 31.4 Å². The topological polar surface area (TPSA) is 115 Å². The van der Waals surface area contributed by atoms with Gasteiger partial charge in [-0.2, -0.15) is 0 Å². The minimum Gasteiger partial charge on any atom is -0.379 e. The van der Waals surface area contributed by atoms with Crippen molar-refractivity contribution >= 4 is 17.7 Å². The molecule has 1 amide bonds. The average molecular weight is 381 g/mol. The van der Waals surface area contributed by atoms with Gasteiger partial charge < -0.3 is 19.3 Å². The number of hydrogen-bond donors (Lipinski definition) is 2. The molecule has 3 rings (SSSR count). The number of carbonyl (C=O) groups excluding carboxylic acids is 1. The fourth-order valence-electron chi connectivity index (χ4n) is 2.70. The van der Waals surface area contributed by atoms with Gasteiger partial charge in [0.05, 0.1) is 30.7 Å². The number of hydrogen-bond acceptors (Lipinski definition) is 8. The Hall–Kier alpha value is -1.91. The lowest BCUT2D eigenvalue weighted by atomic mass is 10.1. The van der Waals surface area contributed by atoms with Crippen molar-refractivity contribution in [1.29, 1.82) is 0 Å². The van der Waals surface area contributed by atoms with Gasteiger partial charge in [0.1, 0.15) is 17.7 Å². The molecular formula is C16H23N5O4S. The molecule has 2 N–H and O–H groups in total. The van der Waals surface area contributed by atoms with Gasteiger partial charge in [-0.3, -0.25) is 9.89 Å². The third-order valence-electron chi connectivity index (χ3n) is 4.18. The lowest BCUT2D eigenvalue weighted by Gasteiger charge is -2.32. The summed E-state index contributed by atoms with van der Waals surface area (Å²) in [7, 11) is 0. The zero-order chi connectivity index (χ0) is 18.5. The first kappa shape index (κ1) is 18.9. The molecule has 9 nitrogen and oxygen atoms in total. The molecule has 3 heterocycles. The molecule has 0 unspecified atom stereocenters. The van der Waals surface area contributed by atoms with Gasteiger partial charge in [-0.05, 0) is 27.2 Å². The summed E-state index contributed by atoms with van der Waals surface area (Å²) in [6.07, 6.45) is 0.500. The summed E-state index contributed by atoms with van der Waals surface area (Å²) in [6.45, 7) is 6.99. The summed E-state index contributed by atoms with van der Waals surface area (Å²) in [6, 6.07) is -0.0915. The monoisotopic (exact) mass is 381 g/mol. The number of H-pyrrole nitrogens is 1. The molecule has 10 heteroatoms. The Morgan fingerprint density at radius 1 is 1.42 bits per heavy atom. The van der Waals surface area contributed by atoms with E-state index in [2.05, 4.69) is 25.7 Å². The van der Waals surface area contributed by atoms with Crippen LogP contribution in [0.5, 0.6) is 0 Å². The highest BCUT2D eigenvalue weighted by Crippen LogP contribution is 2.18. The molecule has 1 saturated heterocycles. The molecule has 1 aliphatic rings. The molecule has 0 saturated carbocycles. The number of aromatic amines is 1. The van der Waals surface area contributed by atoms with Crippen LogP contribution in [-0.4, -0.2) is 57.4 Å². The highest BCUT2D eigenvalue weighted by Gasteiger charge is 2.28.